The summed E-state index contributed by atoms with van der Waals surface area (Å²) < 4.78 is 36.4. The number of carbonyl (C=O) groups is 1. The van der Waals surface area contributed by atoms with Crippen molar-refractivity contribution in [1.82, 2.24) is 10.6 Å². The summed E-state index contributed by atoms with van der Waals surface area (Å²) in [6, 6.07) is 9.67. The van der Waals surface area contributed by atoms with Gasteiger partial charge in [-0.25, -0.2) is 8.78 Å². The first-order chi connectivity index (χ1) is 12.1. The minimum absolute atomic E-state index is 0.179. The van der Waals surface area contributed by atoms with Crippen molar-refractivity contribution in [2.24, 2.45) is 0 Å². The zero-order valence-electron chi connectivity index (χ0n) is 13.9. The van der Waals surface area contributed by atoms with Crippen LogP contribution < -0.4 is 15.4 Å². The fraction of sp³-hybridized carbons (Fsp3) is 0.278. The van der Waals surface area contributed by atoms with Gasteiger partial charge in [-0.15, -0.1) is 0 Å². The molecule has 0 saturated carbocycles. The van der Waals surface area contributed by atoms with Gasteiger partial charge in [0.1, 0.15) is 11.5 Å². The van der Waals surface area contributed by atoms with Gasteiger partial charge in [0, 0.05) is 38.4 Å². The molecule has 0 heterocycles. The Kier molecular flexibility index (Phi) is 7.31. The summed E-state index contributed by atoms with van der Waals surface area (Å²) in [6.07, 6.45) is 0. The molecule has 2 aromatic rings. The molecule has 0 atom stereocenters. The molecule has 5 nitrogen and oxygen atoms in total. The van der Waals surface area contributed by atoms with E-state index in [1.165, 1.54) is 6.07 Å². The van der Waals surface area contributed by atoms with Gasteiger partial charge in [-0.3, -0.25) is 4.79 Å². The molecule has 0 aliphatic carbocycles. The highest BCUT2D eigenvalue weighted by Gasteiger charge is 2.07. The lowest BCUT2D eigenvalue weighted by Gasteiger charge is -2.08. The smallest absolute Gasteiger partial charge is 0.251 e. The first kappa shape index (κ1) is 18.8. The Hall–Kier alpha value is -2.51. The summed E-state index contributed by atoms with van der Waals surface area (Å²) >= 11 is 0. The monoisotopic (exact) mass is 350 g/mol. The van der Waals surface area contributed by atoms with Gasteiger partial charge in [0.25, 0.3) is 5.91 Å². The molecule has 0 spiro atoms. The molecular weight excluding hydrogens is 330 g/mol. The lowest BCUT2D eigenvalue weighted by molar-refractivity contribution is 0.0953. The Morgan fingerprint density at radius 3 is 2.36 bits per heavy atom. The van der Waals surface area contributed by atoms with Crippen LogP contribution in [0.1, 0.15) is 10.4 Å². The number of halogens is 2. The Balaban J connectivity index is 1.82. The number of hydrogen-bond donors (Lipinski definition) is 2. The zero-order valence-corrected chi connectivity index (χ0v) is 13.9. The molecule has 1 amide bonds. The van der Waals surface area contributed by atoms with Crippen LogP contribution in [0.5, 0.6) is 11.5 Å². The predicted molar refractivity (Wildman–Crippen MR) is 90.0 cm³/mol. The van der Waals surface area contributed by atoms with Gasteiger partial charge in [-0.1, -0.05) is 0 Å². The van der Waals surface area contributed by atoms with Gasteiger partial charge in [0.15, 0.2) is 11.6 Å². The fourth-order valence-electron chi connectivity index (χ4n) is 2.02. The predicted octanol–water partition coefficient (Wildman–Crippen LogP) is 2.72. The Morgan fingerprint density at radius 1 is 0.960 bits per heavy atom. The van der Waals surface area contributed by atoms with Crippen LogP contribution in [-0.2, 0) is 4.74 Å². The largest absolute Gasteiger partial charge is 0.457 e. The van der Waals surface area contributed by atoms with E-state index in [2.05, 4.69) is 10.6 Å². The first-order valence-electron chi connectivity index (χ1n) is 7.81. The third-order valence-corrected chi connectivity index (χ3v) is 3.31. The van der Waals surface area contributed by atoms with Crippen molar-refractivity contribution in [2.45, 2.75) is 0 Å². The molecule has 2 aromatic carbocycles. The SMILES string of the molecule is COCCNCCNC(=O)c1ccc(Oc2ccc(F)c(F)c2)cc1. The summed E-state index contributed by atoms with van der Waals surface area (Å²) in [7, 11) is 1.63. The van der Waals surface area contributed by atoms with E-state index in [9.17, 15) is 13.6 Å². The molecule has 0 aromatic heterocycles. The van der Waals surface area contributed by atoms with E-state index >= 15 is 0 Å². The van der Waals surface area contributed by atoms with Crippen molar-refractivity contribution in [2.75, 3.05) is 33.4 Å². The standard InChI is InChI=1S/C18H20F2N2O3/c1-24-11-10-21-8-9-22-18(23)13-2-4-14(5-3-13)25-15-6-7-16(19)17(20)12-15/h2-7,12,21H,8-11H2,1H3,(H,22,23). The second-order valence-corrected chi connectivity index (χ2v) is 5.20. The van der Waals surface area contributed by atoms with Crippen molar-refractivity contribution < 1.29 is 23.0 Å². The average Bonchev–Trinajstić information content (AvgIpc) is 2.61. The van der Waals surface area contributed by atoms with Gasteiger partial charge >= 0.3 is 0 Å². The molecule has 0 aliphatic rings. The van der Waals surface area contributed by atoms with Crippen LogP contribution in [0.4, 0.5) is 8.78 Å². The highest BCUT2D eigenvalue weighted by atomic mass is 19.2. The molecule has 2 N–H and O–H groups in total. The maximum atomic E-state index is 13.1. The molecule has 25 heavy (non-hydrogen) atoms. The second kappa shape index (κ2) is 9.71. The fourth-order valence-corrected chi connectivity index (χ4v) is 2.02. The number of nitrogens with one attached hydrogen (secondary N) is 2. The number of benzene rings is 2. The maximum absolute atomic E-state index is 13.1. The Morgan fingerprint density at radius 2 is 1.68 bits per heavy atom. The number of carbonyl (C=O) groups excluding carboxylic acids is 1. The molecule has 2 rings (SSSR count). The number of rotatable bonds is 9. The van der Waals surface area contributed by atoms with E-state index in [1.807, 2.05) is 0 Å². The molecule has 0 aliphatic heterocycles. The number of ether oxygens (including phenoxy) is 2. The van der Waals surface area contributed by atoms with Gasteiger partial charge in [0.05, 0.1) is 6.61 Å². The van der Waals surface area contributed by atoms with Crippen LogP contribution >= 0.6 is 0 Å². The molecule has 7 heteroatoms. The van der Waals surface area contributed by atoms with Gasteiger partial charge in [-0.05, 0) is 36.4 Å². The van der Waals surface area contributed by atoms with E-state index in [-0.39, 0.29) is 11.7 Å². The number of hydrogen-bond acceptors (Lipinski definition) is 4. The van der Waals surface area contributed by atoms with Crippen molar-refractivity contribution in [1.29, 1.82) is 0 Å². The van der Waals surface area contributed by atoms with Crippen LogP contribution in [0.3, 0.4) is 0 Å². The summed E-state index contributed by atoms with van der Waals surface area (Å²) in [5.41, 5.74) is 0.481. The van der Waals surface area contributed by atoms with Crippen molar-refractivity contribution in [3.05, 3.63) is 59.7 Å². The van der Waals surface area contributed by atoms with Crippen LogP contribution in [0.2, 0.25) is 0 Å². The third kappa shape index (κ3) is 6.13. The first-order valence-corrected chi connectivity index (χ1v) is 7.81. The summed E-state index contributed by atoms with van der Waals surface area (Å²) in [5.74, 6) is -1.52. The average molecular weight is 350 g/mol. The number of methoxy groups -OCH3 is 1. The molecular formula is C18H20F2N2O3. The van der Waals surface area contributed by atoms with E-state index in [0.717, 1.165) is 18.7 Å². The van der Waals surface area contributed by atoms with Gasteiger partial charge in [0.2, 0.25) is 0 Å². The van der Waals surface area contributed by atoms with Crippen molar-refractivity contribution in [3.63, 3.8) is 0 Å². The van der Waals surface area contributed by atoms with Crippen LogP contribution in [0, 0.1) is 11.6 Å². The highest BCUT2D eigenvalue weighted by Crippen LogP contribution is 2.23. The topological polar surface area (TPSA) is 59.6 Å². The minimum Gasteiger partial charge on any atom is -0.457 e. The molecule has 134 valence electrons. The quantitative estimate of drug-likeness (QED) is 0.683. The van der Waals surface area contributed by atoms with Crippen molar-refractivity contribution in [3.8, 4) is 11.5 Å². The second-order valence-electron chi connectivity index (χ2n) is 5.20. The van der Waals surface area contributed by atoms with Crippen LogP contribution in [0.25, 0.3) is 0 Å². The summed E-state index contributed by atoms with van der Waals surface area (Å²) in [6.45, 7) is 2.48. The molecule has 0 radical (unpaired) electrons. The highest BCUT2D eigenvalue weighted by molar-refractivity contribution is 5.94. The van der Waals surface area contributed by atoms with Gasteiger partial charge in [-0.2, -0.15) is 0 Å². The van der Waals surface area contributed by atoms with E-state index in [0.29, 0.717) is 31.0 Å². The van der Waals surface area contributed by atoms with Crippen LogP contribution in [-0.4, -0.2) is 39.3 Å². The summed E-state index contributed by atoms with van der Waals surface area (Å²) in [5, 5.41) is 5.91. The molecule has 0 saturated heterocycles. The summed E-state index contributed by atoms with van der Waals surface area (Å²) in [4.78, 5) is 12.0. The van der Waals surface area contributed by atoms with E-state index < -0.39 is 11.6 Å². The third-order valence-electron chi connectivity index (χ3n) is 3.31. The normalized spacial score (nSPS) is 10.5. The Labute approximate surface area is 144 Å². The lowest BCUT2D eigenvalue weighted by Crippen LogP contribution is -2.33. The van der Waals surface area contributed by atoms with E-state index in [1.54, 1.807) is 31.4 Å². The lowest BCUT2D eigenvalue weighted by atomic mass is 10.2. The zero-order chi connectivity index (χ0) is 18.1. The minimum atomic E-state index is -0.979. The molecule has 0 unspecified atom stereocenters. The molecule has 0 bridgehead atoms. The Bertz CT molecular complexity index is 693. The maximum Gasteiger partial charge on any atom is 0.251 e. The van der Waals surface area contributed by atoms with Crippen molar-refractivity contribution >= 4 is 5.91 Å². The van der Waals surface area contributed by atoms with Crippen LogP contribution in [0.15, 0.2) is 42.5 Å². The van der Waals surface area contributed by atoms with Gasteiger partial charge < -0.3 is 20.1 Å². The van der Waals surface area contributed by atoms with E-state index in [4.69, 9.17) is 9.47 Å². The molecule has 0 fully saturated rings. The number of amides is 1.